The molecule has 0 amide bonds. The molecule has 0 aromatic heterocycles. The van der Waals surface area contributed by atoms with Gasteiger partial charge >= 0.3 is 0 Å². The van der Waals surface area contributed by atoms with Crippen LogP contribution in [0.3, 0.4) is 0 Å². The van der Waals surface area contributed by atoms with Crippen molar-refractivity contribution in [1.29, 1.82) is 0 Å². The zero-order valence-corrected chi connectivity index (χ0v) is 12.0. The summed E-state index contributed by atoms with van der Waals surface area (Å²) < 4.78 is 22.9. The van der Waals surface area contributed by atoms with Gasteiger partial charge < -0.3 is 10.6 Å². The monoisotopic (exact) mass is 283 g/mol. The molecule has 0 bridgehead atoms. The number of hydrogen-bond donors (Lipinski definition) is 3. The molecule has 0 radical (unpaired) electrons. The smallest absolute Gasteiger partial charge is 0.238 e. The van der Waals surface area contributed by atoms with Gasteiger partial charge in [-0.15, -0.1) is 0 Å². The number of hydrogen-bond acceptors (Lipinski definition) is 4. The van der Waals surface area contributed by atoms with E-state index in [2.05, 4.69) is 10.6 Å². The number of nitrogens with two attached hydrogens (primary N) is 1. The Morgan fingerprint density at radius 2 is 2.05 bits per heavy atom. The third kappa shape index (κ3) is 3.68. The quantitative estimate of drug-likeness (QED) is 0.771. The maximum Gasteiger partial charge on any atom is 0.238 e. The second-order valence-corrected chi connectivity index (χ2v) is 6.58. The fourth-order valence-electron chi connectivity index (χ4n) is 2.45. The number of piperidine rings is 1. The molecule has 106 valence electrons. The van der Waals surface area contributed by atoms with Crippen LogP contribution in [0.15, 0.2) is 23.1 Å². The van der Waals surface area contributed by atoms with E-state index in [1.807, 2.05) is 6.07 Å². The minimum absolute atomic E-state index is 0.197. The number of primary sulfonamides is 1. The largest absolute Gasteiger partial charge is 0.385 e. The fourth-order valence-corrected chi connectivity index (χ4v) is 3.26. The Balaban J connectivity index is 2.08. The highest BCUT2D eigenvalue weighted by Crippen LogP contribution is 2.23. The van der Waals surface area contributed by atoms with Crippen LogP contribution in [0.25, 0.3) is 0 Å². The van der Waals surface area contributed by atoms with Crippen molar-refractivity contribution < 1.29 is 8.42 Å². The first-order valence-corrected chi connectivity index (χ1v) is 8.10. The van der Waals surface area contributed by atoms with E-state index in [9.17, 15) is 8.42 Å². The van der Waals surface area contributed by atoms with Crippen LogP contribution in [0, 0.1) is 12.8 Å². The first kappa shape index (κ1) is 14.3. The summed E-state index contributed by atoms with van der Waals surface area (Å²) in [5, 5.41) is 11.9. The molecule has 1 aromatic rings. The molecule has 1 aliphatic heterocycles. The first-order valence-electron chi connectivity index (χ1n) is 6.55. The van der Waals surface area contributed by atoms with Crippen LogP contribution in [0.5, 0.6) is 0 Å². The zero-order valence-electron chi connectivity index (χ0n) is 11.1. The van der Waals surface area contributed by atoms with Gasteiger partial charge in [0.1, 0.15) is 0 Å². The molecule has 19 heavy (non-hydrogen) atoms. The molecule has 5 nitrogen and oxygen atoms in total. The third-order valence-electron chi connectivity index (χ3n) is 3.63. The van der Waals surface area contributed by atoms with E-state index in [4.69, 9.17) is 5.14 Å². The maximum absolute atomic E-state index is 11.5. The topological polar surface area (TPSA) is 84.2 Å². The van der Waals surface area contributed by atoms with E-state index < -0.39 is 10.0 Å². The lowest BCUT2D eigenvalue weighted by atomic mass is 9.98. The van der Waals surface area contributed by atoms with Crippen LogP contribution >= 0.6 is 0 Å². The van der Waals surface area contributed by atoms with Gasteiger partial charge in [-0.2, -0.15) is 0 Å². The molecule has 1 aromatic carbocycles. The normalized spacial score (nSPS) is 17.4. The Bertz CT molecular complexity index is 537. The number of sulfonamides is 1. The Hall–Kier alpha value is -1.11. The second-order valence-electron chi connectivity index (χ2n) is 5.05. The van der Waals surface area contributed by atoms with Crippen LogP contribution in [-0.2, 0) is 10.0 Å². The minimum Gasteiger partial charge on any atom is -0.385 e. The van der Waals surface area contributed by atoms with Crippen molar-refractivity contribution in [2.45, 2.75) is 24.7 Å². The average molecular weight is 283 g/mol. The van der Waals surface area contributed by atoms with Crippen molar-refractivity contribution >= 4 is 15.7 Å². The molecule has 4 N–H and O–H groups in total. The van der Waals surface area contributed by atoms with Crippen molar-refractivity contribution in [2.75, 3.05) is 25.0 Å². The van der Waals surface area contributed by atoms with Gasteiger partial charge in [0.25, 0.3) is 0 Å². The predicted molar refractivity (Wildman–Crippen MR) is 76.6 cm³/mol. The van der Waals surface area contributed by atoms with E-state index in [0.717, 1.165) is 38.2 Å². The predicted octanol–water partition coefficient (Wildman–Crippen LogP) is 1.05. The number of rotatable bonds is 4. The number of benzene rings is 1. The van der Waals surface area contributed by atoms with Gasteiger partial charge in [0.05, 0.1) is 4.90 Å². The Kier molecular flexibility index (Phi) is 4.44. The van der Waals surface area contributed by atoms with Crippen LogP contribution < -0.4 is 15.8 Å². The minimum atomic E-state index is -3.65. The highest BCUT2D eigenvalue weighted by molar-refractivity contribution is 7.89. The van der Waals surface area contributed by atoms with Crippen molar-refractivity contribution in [3.8, 4) is 0 Å². The lowest BCUT2D eigenvalue weighted by Crippen LogP contribution is -2.31. The summed E-state index contributed by atoms with van der Waals surface area (Å²) in [5.41, 5.74) is 1.55. The molecule has 6 heteroatoms. The summed E-state index contributed by atoms with van der Waals surface area (Å²) in [6, 6.07) is 5.16. The van der Waals surface area contributed by atoms with E-state index >= 15 is 0 Å². The van der Waals surface area contributed by atoms with Gasteiger partial charge in [0.15, 0.2) is 0 Å². The van der Waals surface area contributed by atoms with Crippen molar-refractivity contribution in [3.05, 3.63) is 23.8 Å². The molecule has 2 rings (SSSR count). The molecular formula is C13H21N3O2S. The van der Waals surface area contributed by atoms with Crippen LogP contribution in [0.1, 0.15) is 18.4 Å². The van der Waals surface area contributed by atoms with Crippen molar-refractivity contribution in [3.63, 3.8) is 0 Å². The van der Waals surface area contributed by atoms with Gasteiger partial charge in [0, 0.05) is 12.2 Å². The molecule has 1 fully saturated rings. The number of anilines is 1. The third-order valence-corrected chi connectivity index (χ3v) is 4.69. The summed E-state index contributed by atoms with van der Waals surface area (Å²) in [5.74, 6) is 0.638. The molecule has 0 saturated carbocycles. The van der Waals surface area contributed by atoms with Gasteiger partial charge in [-0.3, -0.25) is 0 Å². The maximum atomic E-state index is 11.5. The fraction of sp³-hybridized carbons (Fsp3) is 0.538. The summed E-state index contributed by atoms with van der Waals surface area (Å²) in [6.07, 6.45) is 2.31. The van der Waals surface area contributed by atoms with Gasteiger partial charge in [-0.1, -0.05) is 6.07 Å². The molecule has 0 atom stereocenters. The lowest BCUT2D eigenvalue weighted by molar-refractivity contribution is 0.390. The van der Waals surface area contributed by atoms with Crippen molar-refractivity contribution in [1.82, 2.24) is 5.32 Å². The molecule has 0 unspecified atom stereocenters. The summed E-state index contributed by atoms with van der Waals surface area (Å²) >= 11 is 0. The van der Waals surface area contributed by atoms with E-state index in [1.165, 1.54) is 0 Å². The zero-order chi connectivity index (χ0) is 13.9. The van der Waals surface area contributed by atoms with Crippen molar-refractivity contribution in [2.24, 2.45) is 11.1 Å². The van der Waals surface area contributed by atoms with Crippen LogP contribution in [0.2, 0.25) is 0 Å². The Labute approximate surface area is 114 Å². The van der Waals surface area contributed by atoms with E-state index in [-0.39, 0.29) is 4.90 Å². The highest BCUT2D eigenvalue weighted by atomic mass is 32.2. The van der Waals surface area contributed by atoms with E-state index in [1.54, 1.807) is 19.1 Å². The molecule has 1 heterocycles. The molecular weight excluding hydrogens is 262 g/mol. The molecule has 1 aliphatic rings. The SMILES string of the molecule is Cc1c(NCC2CCNCC2)cccc1S(N)(=O)=O. The van der Waals surface area contributed by atoms with Gasteiger partial charge in [0.2, 0.25) is 10.0 Å². The lowest BCUT2D eigenvalue weighted by Gasteiger charge is -2.24. The summed E-state index contributed by atoms with van der Waals surface area (Å²) in [4.78, 5) is 0.197. The highest BCUT2D eigenvalue weighted by Gasteiger charge is 2.16. The molecule has 0 aliphatic carbocycles. The summed E-state index contributed by atoms with van der Waals surface area (Å²) in [7, 11) is -3.65. The standard InChI is InChI=1S/C13H21N3O2S/c1-10-12(3-2-4-13(10)19(14,17)18)16-9-11-5-7-15-8-6-11/h2-4,11,15-16H,5-9H2,1H3,(H2,14,17,18). The van der Waals surface area contributed by atoms with Gasteiger partial charge in [-0.25, -0.2) is 13.6 Å². The average Bonchev–Trinajstić information content (AvgIpc) is 2.37. The molecule has 1 saturated heterocycles. The van der Waals surface area contributed by atoms with Gasteiger partial charge in [-0.05, 0) is 56.5 Å². The Morgan fingerprint density at radius 1 is 1.37 bits per heavy atom. The first-order chi connectivity index (χ1) is 8.98. The van der Waals surface area contributed by atoms with E-state index in [0.29, 0.717) is 11.5 Å². The summed E-state index contributed by atoms with van der Waals surface area (Å²) in [6.45, 7) is 4.77. The second kappa shape index (κ2) is 5.90. The Morgan fingerprint density at radius 3 is 2.68 bits per heavy atom. The van der Waals surface area contributed by atoms with Crippen LogP contribution in [-0.4, -0.2) is 28.1 Å². The van der Waals surface area contributed by atoms with Crippen LogP contribution in [0.4, 0.5) is 5.69 Å². The molecule has 0 spiro atoms. The number of nitrogens with one attached hydrogen (secondary N) is 2.